The molecular formula is C16H28N4O2. The van der Waals surface area contributed by atoms with Crippen LogP contribution in [0.15, 0.2) is 12.4 Å². The summed E-state index contributed by atoms with van der Waals surface area (Å²) in [4.78, 5) is 14.1. The summed E-state index contributed by atoms with van der Waals surface area (Å²) in [6.45, 7) is 9.37. The van der Waals surface area contributed by atoms with Gasteiger partial charge in [-0.15, -0.1) is 0 Å². The fourth-order valence-corrected chi connectivity index (χ4v) is 2.70. The number of hydrogen-bond donors (Lipinski definition) is 1. The molecule has 1 fully saturated rings. The third-order valence-electron chi connectivity index (χ3n) is 3.89. The molecule has 1 aromatic rings. The van der Waals surface area contributed by atoms with Gasteiger partial charge in [0.15, 0.2) is 0 Å². The maximum absolute atomic E-state index is 12.3. The predicted octanol–water partition coefficient (Wildman–Crippen LogP) is 2.47. The Bertz CT molecular complexity index is 506. The number of carbonyl (C=O) groups excluding carboxylic acids is 1. The van der Waals surface area contributed by atoms with Gasteiger partial charge >= 0.3 is 6.09 Å². The second-order valence-corrected chi connectivity index (χ2v) is 7.05. The molecule has 22 heavy (non-hydrogen) atoms. The van der Waals surface area contributed by atoms with E-state index in [0.717, 1.165) is 31.5 Å². The van der Waals surface area contributed by atoms with E-state index in [-0.39, 0.29) is 18.2 Å². The van der Waals surface area contributed by atoms with Crippen LogP contribution in [0.4, 0.5) is 4.79 Å². The van der Waals surface area contributed by atoms with E-state index in [0.29, 0.717) is 0 Å². The Morgan fingerprint density at radius 3 is 2.86 bits per heavy atom. The van der Waals surface area contributed by atoms with Crippen LogP contribution < -0.4 is 5.32 Å². The van der Waals surface area contributed by atoms with E-state index in [1.54, 1.807) is 4.68 Å². The molecule has 1 N–H and O–H groups in total. The summed E-state index contributed by atoms with van der Waals surface area (Å²) in [5.41, 5.74) is 0.713. The Morgan fingerprint density at radius 2 is 2.27 bits per heavy atom. The summed E-state index contributed by atoms with van der Waals surface area (Å²) in [5, 5.41) is 7.69. The molecule has 2 heterocycles. The number of aromatic nitrogens is 2. The van der Waals surface area contributed by atoms with Crippen LogP contribution in [0, 0.1) is 0 Å². The van der Waals surface area contributed by atoms with Gasteiger partial charge in [-0.3, -0.25) is 4.68 Å². The average Bonchev–Trinajstić information content (AvgIpc) is 3.02. The maximum Gasteiger partial charge on any atom is 0.410 e. The first-order valence-electron chi connectivity index (χ1n) is 7.98. The van der Waals surface area contributed by atoms with Gasteiger partial charge in [-0.1, -0.05) is 0 Å². The molecule has 0 aliphatic carbocycles. The second-order valence-electron chi connectivity index (χ2n) is 7.05. The molecule has 1 aromatic heterocycles. The van der Waals surface area contributed by atoms with Crippen molar-refractivity contribution in [2.24, 2.45) is 7.05 Å². The molecule has 0 saturated carbocycles. The molecule has 2 unspecified atom stereocenters. The number of carbonyl (C=O) groups is 1. The van der Waals surface area contributed by atoms with Crippen LogP contribution >= 0.6 is 0 Å². The molecular weight excluding hydrogens is 280 g/mol. The van der Waals surface area contributed by atoms with Crippen molar-refractivity contribution in [2.75, 3.05) is 13.1 Å². The highest BCUT2D eigenvalue weighted by Gasteiger charge is 2.32. The van der Waals surface area contributed by atoms with Gasteiger partial charge in [0.25, 0.3) is 0 Å². The van der Waals surface area contributed by atoms with Crippen LogP contribution in [0.5, 0.6) is 0 Å². The third kappa shape index (κ3) is 4.47. The average molecular weight is 308 g/mol. The standard InChI is InChI=1S/C16H28N4O2/c1-12(13-9-18-19(5)11-13)17-10-14-7-6-8-20(14)15(21)22-16(2,3)4/h9,11-12,14,17H,6-8,10H2,1-5H3. The Balaban J connectivity index is 1.87. The lowest BCUT2D eigenvalue weighted by Crippen LogP contribution is -2.44. The molecule has 1 amide bonds. The number of likely N-dealkylation sites (tertiary alicyclic amines) is 1. The van der Waals surface area contributed by atoms with Crippen molar-refractivity contribution in [1.82, 2.24) is 20.0 Å². The highest BCUT2D eigenvalue weighted by molar-refractivity contribution is 5.69. The monoisotopic (exact) mass is 308 g/mol. The van der Waals surface area contributed by atoms with Gasteiger partial charge in [-0.25, -0.2) is 4.79 Å². The molecule has 1 aliphatic rings. The molecule has 0 bridgehead atoms. The molecule has 6 heteroatoms. The summed E-state index contributed by atoms with van der Waals surface area (Å²) in [7, 11) is 1.91. The SMILES string of the molecule is CC(NCC1CCCN1C(=O)OC(C)(C)C)c1cnn(C)c1. The van der Waals surface area contributed by atoms with Crippen molar-refractivity contribution in [3.05, 3.63) is 18.0 Å². The molecule has 0 radical (unpaired) electrons. The van der Waals surface area contributed by atoms with Gasteiger partial charge in [-0.05, 0) is 40.5 Å². The second kappa shape index (κ2) is 6.69. The van der Waals surface area contributed by atoms with Gasteiger partial charge in [0.1, 0.15) is 5.60 Å². The molecule has 124 valence electrons. The van der Waals surface area contributed by atoms with Gasteiger partial charge < -0.3 is 15.0 Å². The third-order valence-corrected chi connectivity index (χ3v) is 3.89. The number of rotatable bonds is 4. The first-order valence-corrected chi connectivity index (χ1v) is 7.98. The number of amides is 1. The van der Waals surface area contributed by atoms with Gasteiger partial charge in [-0.2, -0.15) is 5.10 Å². The van der Waals surface area contributed by atoms with Crippen LogP contribution in [-0.4, -0.2) is 45.5 Å². The first kappa shape index (κ1) is 16.8. The van der Waals surface area contributed by atoms with Crippen LogP contribution in [0.25, 0.3) is 0 Å². The lowest BCUT2D eigenvalue weighted by molar-refractivity contribution is 0.0225. The van der Waals surface area contributed by atoms with Crippen molar-refractivity contribution in [3.63, 3.8) is 0 Å². The Hall–Kier alpha value is -1.56. The van der Waals surface area contributed by atoms with E-state index in [4.69, 9.17) is 4.74 Å². The topological polar surface area (TPSA) is 59.4 Å². The van der Waals surface area contributed by atoms with Crippen LogP contribution in [0.1, 0.15) is 52.1 Å². The number of aryl methyl sites for hydroxylation is 1. The minimum atomic E-state index is -0.444. The van der Waals surface area contributed by atoms with Gasteiger partial charge in [0.2, 0.25) is 0 Å². The summed E-state index contributed by atoms with van der Waals surface area (Å²) in [6, 6.07) is 0.420. The molecule has 2 atom stereocenters. The molecule has 0 aromatic carbocycles. The zero-order valence-electron chi connectivity index (χ0n) is 14.3. The lowest BCUT2D eigenvalue weighted by Gasteiger charge is -2.29. The van der Waals surface area contributed by atoms with Gasteiger partial charge in [0.05, 0.1) is 6.20 Å². The maximum atomic E-state index is 12.3. The van der Waals surface area contributed by atoms with Crippen LogP contribution in [-0.2, 0) is 11.8 Å². The zero-order chi connectivity index (χ0) is 16.3. The van der Waals surface area contributed by atoms with E-state index in [1.165, 1.54) is 0 Å². The van der Waals surface area contributed by atoms with Crippen molar-refractivity contribution in [2.45, 2.75) is 58.2 Å². The Labute approximate surface area is 132 Å². The van der Waals surface area contributed by atoms with Crippen molar-refractivity contribution in [3.8, 4) is 0 Å². The van der Waals surface area contributed by atoms with Crippen molar-refractivity contribution in [1.29, 1.82) is 0 Å². The van der Waals surface area contributed by atoms with E-state index >= 15 is 0 Å². The predicted molar refractivity (Wildman–Crippen MR) is 85.6 cm³/mol. The first-order chi connectivity index (χ1) is 10.3. The largest absolute Gasteiger partial charge is 0.444 e. The minimum absolute atomic E-state index is 0.203. The summed E-state index contributed by atoms with van der Waals surface area (Å²) in [5.74, 6) is 0. The fraction of sp³-hybridized carbons (Fsp3) is 0.750. The van der Waals surface area contributed by atoms with E-state index in [2.05, 4.69) is 17.3 Å². The van der Waals surface area contributed by atoms with E-state index in [1.807, 2.05) is 45.1 Å². The normalized spacial score (nSPS) is 20.2. The molecule has 1 aliphatic heterocycles. The van der Waals surface area contributed by atoms with Gasteiger partial charge in [0, 0.05) is 44.0 Å². The van der Waals surface area contributed by atoms with Crippen LogP contribution in [0.2, 0.25) is 0 Å². The minimum Gasteiger partial charge on any atom is -0.444 e. The smallest absolute Gasteiger partial charge is 0.410 e. The molecule has 6 nitrogen and oxygen atoms in total. The van der Waals surface area contributed by atoms with E-state index < -0.39 is 5.60 Å². The molecule has 1 saturated heterocycles. The number of nitrogens with zero attached hydrogens (tertiary/aromatic N) is 3. The summed E-state index contributed by atoms with van der Waals surface area (Å²) < 4.78 is 7.29. The highest BCUT2D eigenvalue weighted by atomic mass is 16.6. The fourth-order valence-electron chi connectivity index (χ4n) is 2.70. The highest BCUT2D eigenvalue weighted by Crippen LogP contribution is 2.21. The summed E-state index contributed by atoms with van der Waals surface area (Å²) >= 11 is 0. The molecule has 2 rings (SSSR count). The van der Waals surface area contributed by atoms with Crippen molar-refractivity contribution < 1.29 is 9.53 Å². The quantitative estimate of drug-likeness (QED) is 0.928. The summed E-state index contributed by atoms with van der Waals surface area (Å²) in [6.07, 6.45) is 5.74. The van der Waals surface area contributed by atoms with Crippen molar-refractivity contribution >= 4 is 6.09 Å². The Morgan fingerprint density at radius 1 is 1.55 bits per heavy atom. The molecule has 0 spiro atoms. The number of hydrogen-bond acceptors (Lipinski definition) is 4. The number of nitrogens with one attached hydrogen (secondary N) is 1. The van der Waals surface area contributed by atoms with Crippen LogP contribution in [0.3, 0.4) is 0 Å². The van der Waals surface area contributed by atoms with E-state index in [9.17, 15) is 4.79 Å². The Kier molecular flexibility index (Phi) is 5.11. The number of ether oxygens (including phenoxy) is 1. The lowest BCUT2D eigenvalue weighted by atomic mass is 10.1. The zero-order valence-corrected chi connectivity index (χ0v) is 14.3.